The molecule has 4 rings (SSSR count). The molecule has 0 aliphatic carbocycles. The standard InChI is InChI=1S/C18H20N6O2/c1-13-19-7-8-23(13)10-14-11-24(22-21-14)12-18(25)20-16-6-9-26-17-5-3-2-4-15(16)17/h2-5,7-8,11,16H,6,9-10,12H2,1H3,(H,20,25). The number of fused-ring (bicyclic) bond motifs is 1. The molecule has 1 aliphatic heterocycles. The number of imidazole rings is 1. The number of nitrogens with one attached hydrogen (secondary N) is 1. The van der Waals surface area contributed by atoms with Gasteiger partial charge in [0, 0.05) is 24.4 Å². The van der Waals surface area contributed by atoms with E-state index < -0.39 is 0 Å². The van der Waals surface area contributed by atoms with Gasteiger partial charge in [0.1, 0.15) is 23.8 Å². The highest BCUT2D eigenvalue weighted by molar-refractivity contribution is 5.76. The molecule has 0 spiro atoms. The van der Waals surface area contributed by atoms with Crippen LogP contribution in [0.4, 0.5) is 0 Å². The van der Waals surface area contributed by atoms with Crippen molar-refractivity contribution in [3.8, 4) is 5.75 Å². The highest BCUT2D eigenvalue weighted by Gasteiger charge is 2.22. The first kappa shape index (κ1) is 16.3. The van der Waals surface area contributed by atoms with Gasteiger partial charge in [-0.2, -0.15) is 0 Å². The second-order valence-corrected chi connectivity index (χ2v) is 6.30. The molecule has 1 unspecified atom stereocenters. The minimum absolute atomic E-state index is 0.0379. The number of nitrogens with zero attached hydrogens (tertiary/aromatic N) is 5. The summed E-state index contributed by atoms with van der Waals surface area (Å²) in [6.07, 6.45) is 6.19. The number of hydrogen-bond acceptors (Lipinski definition) is 5. The van der Waals surface area contributed by atoms with E-state index in [0.29, 0.717) is 13.2 Å². The van der Waals surface area contributed by atoms with Crippen LogP contribution in [0.5, 0.6) is 5.75 Å². The van der Waals surface area contributed by atoms with Gasteiger partial charge in [-0.05, 0) is 13.0 Å². The third-order valence-corrected chi connectivity index (χ3v) is 4.44. The predicted octanol–water partition coefficient (Wildman–Crippen LogP) is 1.47. The number of aryl methyl sites for hydroxylation is 1. The van der Waals surface area contributed by atoms with E-state index in [0.717, 1.165) is 29.3 Å². The molecule has 0 bridgehead atoms. The van der Waals surface area contributed by atoms with Crippen molar-refractivity contribution in [2.24, 2.45) is 0 Å². The molecular formula is C18H20N6O2. The van der Waals surface area contributed by atoms with Gasteiger partial charge < -0.3 is 14.6 Å². The van der Waals surface area contributed by atoms with Crippen molar-refractivity contribution >= 4 is 5.91 Å². The Morgan fingerprint density at radius 2 is 2.27 bits per heavy atom. The van der Waals surface area contributed by atoms with Crippen molar-refractivity contribution in [1.29, 1.82) is 0 Å². The van der Waals surface area contributed by atoms with E-state index in [1.165, 1.54) is 0 Å². The topological polar surface area (TPSA) is 86.9 Å². The lowest BCUT2D eigenvalue weighted by Crippen LogP contribution is -2.34. The van der Waals surface area contributed by atoms with E-state index in [9.17, 15) is 4.79 Å². The van der Waals surface area contributed by atoms with Crippen LogP contribution in [0.3, 0.4) is 0 Å². The van der Waals surface area contributed by atoms with E-state index in [2.05, 4.69) is 20.6 Å². The molecule has 0 saturated carbocycles. The maximum Gasteiger partial charge on any atom is 0.242 e. The van der Waals surface area contributed by atoms with Gasteiger partial charge in [-0.3, -0.25) is 4.79 Å². The summed E-state index contributed by atoms with van der Waals surface area (Å²) in [6.45, 7) is 3.25. The van der Waals surface area contributed by atoms with Gasteiger partial charge in [0.2, 0.25) is 5.91 Å². The van der Waals surface area contributed by atoms with Crippen molar-refractivity contribution in [3.63, 3.8) is 0 Å². The number of rotatable bonds is 5. The van der Waals surface area contributed by atoms with Crippen molar-refractivity contribution in [3.05, 3.63) is 59.9 Å². The van der Waals surface area contributed by atoms with Crippen LogP contribution in [0.2, 0.25) is 0 Å². The monoisotopic (exact) mass is 352 g/mol. The zero-order chi connectivity index (χ0) is 17.9. The Hall–Kier alpha value is -3.16. The van der Waals surface area contributed by atoms with Gasteiger partial charge in [0.05, 0.1) is 25.4 Å². The molecule has 8 heteroatoms. The molecule has 1 amide bonds. The second-order valence-electron chi connectivity index (χ2n) is 6.30. The molecule has 26 heavy (non-hydrogen) atoms. The van der Waals surface area contributed by atoms with Crippen molar-refractivity contribution in [2.75, 3.05) is 6.61 Å². The minimum atomic E-state index is -0.0954. The minimum Gasteiger partial charge on any atom is -0.493 e. The summed E-state index contributed by atoms with van der Waals surface area (Å²) < 4.78 is 9.17. The van der Waals surface area contributed by atoms with Crippen molar-refractivity contribution in [1.82, 2.24) is 29.9 Å². The molecule has 3 heterocycles. The highest BCUT2D eigenvalue weighted by atomic mass is 16.5. The lowest BCUT2D eigenvalue weighted by atomic mass is 10.0. The SMILES string of the molecule is Cc1nccn1Cc1cn(CC(=O)NC2CCOc3ccccc32)nn1. The third kappa shape index (κ3) is 3.44. The Bertz CT molecular complexity index is 916. The number of amides is 1. The molecule has 2 aromatic heterocycles. The molecule has 1 N–H and O–H groups in total. The Kier molecular flexibility index (Phi) is 4.39. The number of carbonyl (C=O) groups is 1. The number of benzene rings is 1. The fourth-order valence-corrected chi connectivity index (χ4v) is 3.11. The summed E-state index contributed by atoms with van der Waals surface area (Å²) in [5.41, 5.74) is 1.80. The Morgan fingerprint density at radius 3 is 3.12 bits per heavy atom. The number of para-hydroxylation sites is 1. The Labute approximate surface area is 150 Å². The predicted molar refractivity (Wildman–Crippen MR) is 93.5 cm³/mol. The molecule has 1 aliphatic rings. The fraction of sp³-hybridized carbons (Fsp3) is 0.333. The first-order chi connectivity index (χ1) is 12.7. The summed E-state index contributed by atoms with van der Waals surface area (Å²) in [5, 5.41) is 11.2. The molecule has 0 radical (unpaired) electrons. The van der Waals surface area contributed by atoms with E-state index in [1.54, 1.807) is 17.1 Å². The Balaban J connectivity index is 1.38. The highest BCUT2D eigenvalue weighted by Crippen LogP contribution is 2.31. The largest absolute Gasteiger partial charge is 0.493 e. The number of carbonyl (C=O) groups excluding carboxylic acids is 1. The summed E-state index contributed by atoms with van der Waals surface area (Å²) >= 11 is 0. The molecule has 134 valence electrons. The van der Waals surface area contributed by atoms with Crippen LogP contribution < -0.4 is 10.1 Å². The van der Waals surface area contributed by atoms with Gasteiger partial charge in [-0.15, -0.1) is 5.10 Å². The van der Waals surface area contributed by atoms with Crippen molar-refractivity contribution < 1.29 is 9.53 Å². The molecule has 0 saturated heterocycles. The first-order valence-electron chi connectivity index (χ1n) is 8.57. The summed E-state index contributed by atoms with van der Waals surface area (Å²) in [5.74, 6) is 1.65. The van der Waals surface area contributed by atoms with Crippen molar-refractivity contribution in [2.45, 2.75) is 32.5 Å². The molecule has 1 aromatic carbocycles. The van der Waals surface area contributed by atoms with E-state index in [-0.39, 0.29) is 18.5 Å². The van der Waals surface area contributed by atoms with Crippen LogP contribution in [-0.2, 0) is 17.9 Å². The quantitative estimate of drug-likeness (QED) is 0.751. The lowest BCUT2D eigenvalue weighted by molar-refractivity contribution is -0.122. The van der Waals surface area contributed by atoms with E-state index >= 15 is 0 Å². The molecular weight excluding hydrogens is 332 g/mol. The fourth-order valence-electron chi connectivity index (χ4n) is 3.11. The zero-order valence-electron chi connectivity index (χ0n) is 14.5. The van der Waals surface area contributed by atoms with Crippen LogP contribution in [0.1, 0.15) is 29.5 Å². The Morgan fingerprint density at radius 1 is 1.38 bits per heavy atom. The van der Waals surface area contributed by atoms with Gasteiger partial charge >= 0.3 is 0 Å². The summed E-state index contributed by atoms with van der Waals surface area (Å²) in [4.78, 5) is 16.6. The first-order valence-corrected chi connectivity index (χ1v) is 8.57. The molecule has 8 nitrogen and oxygen atoms in total. The lowest BCUT2D eigenvalue weighted by Gasteiger charge is -2.26. The average molecular weight is 352 g/mol. The van der Waals surface area contributed by atoms with Gasteiger partial charge in [-0.25, -0.2) is 9.67 Å². The maximum atomic E-state index is 12.4. The molecule has 1 atom stereocenters. The van der Waals surface area contributed by atoms with E-state index in [4.69, 9.17) is 4.74 Å². The normalized spacial score (nSPS) is 16.0. The van der Waals surface area contributed by atoms with Crippen LogP contribution in [0.15, 0.2) is 42.9 Å². The number of ether oxygens (including phenoxy) is 1. The second kappa shape index (κ2) is 6.99. The zero-order valence-corrected chi connectivity index (χ0v) is 14.5. The molecule has 0 fully saturated rings. The van der Waals surface area contributed by atoms with E-state index in [1.807, 2.05) is 42.0 Å². The van der Waals surface area contributed by atoms with Crippen LogP contribution in [0.25, 0.3) is 0 Å². The summed E-state index contributed by atoms with van der Waals surface area (Å²) in [6, 6.07) is 7.76. The smallest absolute Gasteiger partial charge is 0.242 e. The van der Waals surface area contributed by atoms with Gasteiger partial charge in [0.15, 0.2) is 0 Å². The van der Waals surface area contributed by atoms with Gasteiger partial charge in [-0.1, -0.05) is 23.4 Å². The van der Waals surface area contributed by atoms with Crippen LogP contribution in [-0.4, -0.2) is 37.1 Å². The number of aromatic nitrogens is 5. The van der Waals surface area contributed by atoms with Crippen LogP contribution >= 0.6 is 0 Å². The summed E-state index contributed by atoms with van der Waals surface area (Å²) in [7, 11) is 0. The van der Waals surface area contributed by atoms with Gasteiger partial charge in [0.25, 0.3) is 0 Å². The average Bonchev–Trinajstić information content (AvgIpc) is 3.25. The third-order valence-electron chi connectivity index (χ3n) is 4.44. The van der Waals surface area contributed by atoms with Crippen LogP contribution in [0, 0.1) is 6.92 Å². The maximum absolute atomic E-state index is 12.4. The molecule has 3 aromatic rings. The number of hydrogen-bond donors (Lipinski definition) is 1.